The van der Waals surface area contributed by atoms with E-state index >= 15 is 8.78 Å². The summed E-state index contributed by atoms with van der Waals surface area (Å²) in [6, 6.07) is 2.68. The van der Waals surface area contributed by atoms with E-state index in [9.17, 15) is 14.3 Å². The summed E-state index contributed by atoms with van der Waals surface area (Å²) < 4.78 is 44.7. The van der Waals surface area contributed by atoms with Crippen molar-refractivity contribution < 1.29 is 23.1 Å². The van der Waals surface area contributed by atoms with Gasteiger partial charge in [-0.05, 0) is 31.5 Å². The van der Waals surface area contributed by atoms with Gasteiger partial charge in [-0.25, -0.2) is 14.0 Å². The van der Waals surface area contributed by atoms with Crippen molar-refractivity contribution in [3.05, 3.63) is 52.4 Å². The van der Waals surface area contributed by atoms with Crippen LogP contribution in [0.3, 0.4) is 0 Å². The Morgan fingerprint density at radius 1 is 1.44 bits per heavy atom. The number of benzene rings is 1. The van der Waals surface area contributed by atoms with Gasteiger partial charge < -0.3 is 15.3 Å². The van der Waals surface area contributed by atoms with Gasteiger partial charge in [-0.1, -0.05) is 5.92 Å². The molecule has 10 heteroatoms. The van der Waals surface area contributed by atoms with E-state index < -0.39 is 29.8 Å². The highest BCUT2D eigenvalue weighted by Gasteiger charge is 2.47. The zero-order valence-corrected chi connectivity index (χ0v) is 17.2. The highest BCUT2D eigenvalue weighted by atomic mass is 19.3. The number of hydrogen-bond donors (Lipinski definition) is 2. The maximum absolute atomic E-state index is 15.0. The Morgan fingerprint density at radius 3 is 2.88 bits per heavy atom. The Balaban J connectivity index is 1.65. The number of fused-ring (bicyclic) bond motifs is 3. The molecule has 1 aromatic heterocycles. The summed E-state index contributed by atoms with van der Waals surface area (Å²) in [5, 5.41) is 17.4. The number of halogens is 3. The standard InChI is InChI=1S/C22H20F3N5O2/c1-4-21(32)7-8-22(24,25)19-15-11-29(13(2)9-17(15)28-30(19)12-21)20(31)27-14-5-6-16(23)18(10-14)26-3/h1,5-6,10,13,32H,7-9,11-12H2,2H3,(H,27,31)/t13-,21+/m1/s1. The molecule has 0 aliphatic carbocycles. The molecule has 1 aromatic carbocycles. The molecular weight excluding hydrogens is 423 g/mol. The summed E-state index contributed by atoms with van der Waals surface area (Å²) in [7, 11) is 0. The average Bonchev–Trinajstić information content (AvgIpc) is 3.05. The number of aliphatic hydroxyl groups is 1. The zero-order valence-electron chi connectivity index (χ0n) is 17.2. The Kier molecular flexibility index (Phi) is 5.14. The fourth-order valence-corrected chi connectivity index (χ4v) is 4.19. The number of amides is 2. The number of terminal acetylenes is 1. The van der Waals surface area contributed by atoms with E-state index in [0.29, 0.717) is 5.69 Å². The maximum atomic E-state index is 15.0. The number of rotatable bonds is 1. The van der Waals surface area contributed by atoms with Crippen molar-refractivity contribution in [2.45, 2.75) is 56.8 Å². The van der Waals surface area contributed by atoms with Gasteiger partial charge in [-0.15, -0.1) is 6.42 Å². The molecule has 0 fully saturated rings. The summed E-state index contributed by atoms with van der Waals surface area (Å²) >= 11 is 0. The predicted molar refractivity (Wildman–Crippen MR) is 110 cm³/mol. The van der Waals surface area contributed by atoms with Gasteiger partial charge in [0.15, 0.2) is 0 Å². The second-order valence-corrected chi connectivity index (χ2v) is 8.20. The molecule has 2 aromatic rings. The number of carbonyl (C=O) groups excluding carboxylic acids is 1. The number of nitrogens with zero attached hydrogens (tertiary/aromatic N) is 4. The molecule has 0 saturated heterocycles. The van der Waals surface area contributed by atoms with Crippen LogP contribution < -0.4 is 5.32 Å². The molecule has 2 amide bonds. The normalized spacial score (nSPS) is 23.8. The lowest BCUT2D eigenvalue weighted by Crippen LogP contribution is -2.45. The minimum Gasteiger partial charge on any atom is -0.376 e. The molecule has 3 heterocycles. The minimum absolute atomic E-state index is 0.112. The SMILES string of the molecule is [C-]#[N+]c1cc(NC(=O)N2Cc3c(nn4c3C(F)(F)CC[C@@](O)(C#C)C4)C[C@H]2C)ccc1F. The van der Waals surface area contributed by atoms with Gasteiger partial charge in [0.05, 0.1) is 25.4 Å². The number of anilines is 1. The molecule has 0 spiro atoms. The number of hydrogen-bond acceptors (Lipinski definition) is 3. The molecule has 32 heavy (non-hydrogen) atoms. The molecular formula is C22H20F3N5O2. The van der Waals surface area contributed by atoms with Crippen molar-refractivity contribution in [2.24, 2.45) is 0 Å². The van der Waals surface area contributed by atoms with Crippen LogP contribution in [-0.4, -0.2) is 37.5 Å². The quantitative estimate of drug-likeness (QED) is 0.520. The topological polar surface area (TPSA) is 74.8 Å². The van der Waals surface area contributed by atoms with Crippen LogP contribution in [0, 0.1) is 24.7 Å². The van der Waals surface area contributed by atoms with Gasteiger partial charge in [0, 0.05) is 30.1 Å². The molecule has 0 radical (unpaired) electrons. The van der Waals surface area contributed by atoms with Crippen LogP contribution >= 0.6 is 0 Å². The first kappa shape index (κ1) is 21.7. The molecule has 2 aliphatic rings. The van der Waals surface area contributed by atoms with Crippen molar-refractivity contribution in [2.75, 3.05) is 5.32 Å². The molecule has 0 saturated carbocycles. The predicted octanol–water partition coefficient (Wildman–Crippen LogP) is 3.80. The number of alkyl halides is 2. The average molecular weight is 443 g/mol. The molecule has 2 N–H and O–H groups in total. The molecule has 2 aliphatic heterocycles. The van der Waals surface area contributed by atoms with Crippen molar-refractivity contribution >= 4 is 17.4 Å². The third kappa shape index (κ3) is 3.67. The molecule has 166 valence electrons. The molecule has 0 bridgehead atoms. The Bertz CT molecular complexity index is 1180. The van der Waals surface area contributed by atoms with E-state index in [-0.39, 0.29) is 54.6 Å². The number of urea groups is 1. The van der Waals surface area contributed by atoms with Crippen LogP contribution in [0.25, 0.3) is 4.85 Å². The van der Waals surface area contributed by atoms with Gasteiger partial charge >= 0.3 is 6.03 Å². The van der Waals surface area contributed by atoms with Crippen LogP contribution in [0.2, 0.25) is 0 Å². The molecule has 7 nitrogen and oxygen atoms in total. The summed E-state index contributed by atoms with van der Waals surface area (Å²) in [5.74, 6) is -1.78. The Labute approximate surface area is 182 Å². The summed E-state index contributed by atoms with van der Waals surface area (Å²) in [5.41, 5.74) is -1.40. The summed E-state index contributed by atoms with van der Waals surface area (Å²) in [4.78, 5) is 17.4. The fourth-order valence-electron chi connectivity index (χ4n) is 4.19. The first-order chi connectivity index (χ1) is 15.1. The van der Waals surface area contributed by atoms with Crippen molar-refractivity contribution in [1.29, 1.82) is 0 Å². The molecule has 4 rings (SSSR count). The lowest BCUT2D eigenvalue weighted by molar-refractivity contribution is -0.0301. The van der Waals surface area contributed by atoms with E-state index in [2.05, 4.69) is 21.2 Å². The number of aromatic nitrogens is 2. The van der Waals surface area contributed by atoms with Gasteiger partial charge in [0.25, 0.3) is 5.92 Å². The summed E-state index contributed by atoms with van der Waals surface area (Å²) in [6.45, 7) is 8.39. The van der Waals surface area contributed by atoms with E-state index in [1.807, 2.05) is 0 Å². The third-order valence-electron chi connectivity index (χ3n) is 5.94. The van der Waals surface area contributed by atoms with E-state index in [1.54, 1.807) is 6.92 Å². The lowest BCUT2D eigenvalue weighted by atomic mass is 9.94. The number of carbonyl (C=O) groups is 1. The molecule has 2 atom stereocenters. The largest absolute Gasteiger partial charge is 0.376 e. The fraction of sp³-hybridized carbons (Fsp3) is 0.409. The zero-order chi connectivity index (χ0) is 23.3. The van der Waals surface area contributed by atoms with Crippen LogP contribution in [0.5, 0.6) is 0 Å². The summed E-state index contributed by atoms with van der Waals surface area (Å²) in [6.07, 6.45) is 4.70. The monoisotopic (exact) mass is 443 g/mol. The molecule has 0 unspecified atom stereocenters. The first-order valence-electron chi connectivity index (χ1n) is 9.98. The lowest BCUT2D eigenvalue weighted by Gasteiger charge is -2.33. The second kappa shape index (κ2) is 7.57. The van der Waals surface area contributed by atoms with Crippen molar-refractivity contribution in [3.63, 3.8) is 0 Å². The number of nitrogens with one attached hydrogen (secondary N) is 1. The Morgan fingerprint density at radius 2 is 2.19 bits per heavy atom. The van der Waals surface area contributed by atoms with E-state index in [4.69, 9.17) is 13.0 Å². The van der Waals surface area contributed by atoms with Crippen LogP contribution in [0.1, 0.15) is 36.7 Å². The second-order valence-electron chi connectivity index (χ2n) is 8.20. The highest BCUT2D eigenvalue weighted by molar-refractivity contribution is 5.90. The van der Waals surface area contributed by atoms with E-state index in [1.165, 1.54) is 17.0 Å². The minimum atomic E-state index is -3.27. The van der Waals surface area contributed by atoms with Crippen molar-refractivity contribution in [3.8, 4) is 12.3 Å². The third-order valence-corrected chi connectivity index (χ3v) is 5.94. The van der Waals surface area contributed by atoms with Gasteiger partial charge in [0.2, 0.25) is 5.69 Å². The van der Waals surface area contributed by atoms with E-state index in [0.717, 1.165) is 10.7 Å². The first-order valence-corrected chi connectivity index (χ1v) is 9.98. The highest BCUT2D eigenvalue weighted by Crippen LogP contribution is 2.43. The van der Waals surface area contributed by atoms with Crippen LogP contribution in [0.4, 0.5) is 29.3 Å². The van der Waals surface area contributed by atoms with Crippen LogP contribution in [-0.2, 0) is 25.4 Å². The van der Waals surface area contributed by atoms with Gasteiger partial charge in [-0.3, -0.25) is 4.68 Å². The Hall–Kier alpha value is -3.50. The smallest absolute Gasteiger partial charge is 0.322 e. The van der Waals surface area contributed by atoms with Gasteiger partial charge in [-0.2, -0.15) is 13.9 Å². The van der Waals surface area contributed by atoms with Crippen LogP contribution in [0.15, 0.2) is 18.2 Å². The van der Waals surface area contributed by atoms with Crippen molar-refractivity contribution in [1.82, 2.24) is 14.7 Å². The van der Waals surface area contributed by atoms with Gasteiger partial charge in [0.1, 0.15) is 17.1 Å². The maximum Gasteiger partial charge on any atom is 0.322 e.